The summed E-state index contributed by atoms with van der Waals surface area (Å²) in [5.74, 6) is 0.572. The molecule has 1 aliphatic heterocycles. The largest absolute Gasteiger partial charge is 0.465 e. The van der Waals surface area contributed by atoms with E-state index >= 15 is 0 Å². The number of hydrogen-bond donors (Lipinski definition) is 1. The molecular weight excluding hydrogens is 510 g/mol. The molecule has 0 aromatic carbocycles. The molecule has 35 heavy (non-hydrogen) atoms. The molecule has 1 saturated heterocycles. The third kappa shape index (κ3) is 7.54. The Bertz CT molecular complexity index is 954. The fraction of sp³-hybridized carbons (Fsp3) is 0.773. The molecule has 0 radical (unpaired) electrons. The molecule has 1 N–H and O–H groups in total. The van der Waals surface area contributed by atoms with Gasteiger partial charge in [-0.25, -0.2) is 9.78 Å². The predicted molar refractivity (Wildman–Crippen MR) is 139 cm³/mol. The summed E-state index contributed by atoms with van der Waals surface area (Å²) in [6.07, 6.45) is 6.91. The molecule has 198 valence electrons. The number of urea groups is 1. The van der Waals surface area contributed by atoms with Gasteiger partial charge in [0.1, 0.15) is 0 Å². The van der Waals surface area contributed by atoms with E-state index in [4.69, 9.17) is 4.74 Å². The van der Waals surface area contributed by atoms with Gasteiger partial charge in [-0.05, 0) is 51.4 Å². The van der Waals surface area contributed by atoms with Crippen LogP contribution >= 0.6 is 23.1 Å². The van der Waals surface area contributed by atoms with E-state index in [2.05, 4.69) is 17.2 Å². The number of carbonyl (C=O) groups excluding carboxylic acids is 2. The van der Waals surface area contributed by atoms with Crippen LogP contribution in [0.2, 0.25) is 0 Å². The Hall–Kier alpha value is -1.41. The van der Waals surface area contributed by atoms with Gasteiger partial charge in [-0.1, -0.05) is 18.3 Å². The molecule has 1 saturated carbocycles. The molecule has 2 amide bonds. The minimum absolute atomic E-state index is 0.0281. The zero-order chi connectivity index (χ0) is 25.6. The number of aromatic nitrogens is 1. The Morgan fingerprint density at radius 2 is 1.80 bits per heavy atom. The Morgan fingerprint density at radius 3 is 2.40 bits per heavy atom. The third-order valence-corrected chi connectivity index (χ3v) is 10.6. The number of thiazole rings is 1. The predicted octanol–water partition coefficient (Wildman–Crippen LogP) is 3.48. The topological polar surface area (TPSA) is 112 Å². The van der Waals surface area contributed by atoms with Crippen molar-refractivity contribution in [1.82, 2.24) is 18.5 Å². The lowest BCUT2D eigenvalue weighted by molar-refractivity contribution is -0.139. The average Bonchev–Trinajstić information content (AvgIpc) is 3.27. The van der Waals surface area contributed by atoms with E-state index < -0.39 is 10.2 Å². The average molecular weight is 548 g/mol. The molecule has 3 rings (SSSR count). The van der Waals surface area contributed by atoms with Gasteiger partial charge in [0.2, 0.25) is 0 Å². The summed E-state index contributed by atoms with van der Waals surface area (Å²) in [4.78, 5) is 31.4. The summed E-state index contributed by atoms with van der Waals surface area (Å²) >= 11 is 2.67. The van der Waals surface area contributed by atoms with E-state index in [1.165, 1.54) is 45.8 Å². The van der Waals surface area contributed by atoms with Crippen LogP contribution in [0.4, 0.5) is 9.93 Å². The number of anilines is 1. The van der Waals surface area contributed by atoms with Gasteiger partial charge in [-0.3, -0.25) is 10.1 Å². The second-order valence-corrected chi connectivity index (χ2v) is 13.7. The van der Waals surface area contributed by atoms with Crippen molar-refractivity contribution >= 4 is 50.4 Å². The summed E-state index contributed by atoms with van der Waals surface area (Å²) in [6, 6.07) is -0.0831. The lowest BCUT2D eigenvalue weighted by Gasteiger charge is -2.44. The maximum Gasteiger partial charge on any atom is 0.324 e. The number of nitrogens with one attached hydrogen (secondary N) is 1. The van der Waals surface area contributed by atoms with Crippen molar-refractivity contribution in [2.45, 2.75) is 68.7 Å². The van der Waals surface area contributed by atoms with Gasteiger partial charge >= 0.3 is 12.0 Å². The monoisotopic (exact) mass is 547 g/mol. The van der Waals surface area contributed by atoms with Gasteiger partial charge in [-0.15, -0.1) is 11.8 Å². The first-order valence-corrected chi connectivity index (χ1v) is 15.3. The molecule has 0 unspecified atom stereocenters. The molecule has 0 bridgehead atoms. The number of ether oxygens (including phenoxy) is 1. The van der Waals surface area contributed by atoms with Gasteiger partial charge in [0.15, 0.2) is 5.13 Å². The van der Waals surface area contributed by atoms with Crippen LogP contribution in [0, 0.1) is 5.92 Å². The van der Waals surface area contributed by atoms with Gasteiger partial charge in [-0.2, -0.15) is 17.0 Å². The zero-order valence-corrected chi connectivity index (χ0v) is 23.4. The molecule has 13 heteroatoms. The van der Waals surface area contributed by atoms with Crippen molar-refractivity contribution in [1.29, 1.82) is 0 Å². The third-order valence-electron chi connectivity index (χ3n) is 6.55. The first-order chi connectivity index (χ1) is 16.6. The maximum absolute atomic E-state index is 13.5. The summed E-state index contributed by atoms with van der Waals surface area (Å²) in [5.41, 5.74) is 0. The minimum atomic E-state index is -3.46. The van der Waals surface area contributed by atoms with E-state index in [-0.39, 0.29) is 29.8 Å². The molecular formula is C22H37N5O5S3. The van der Waals surface area contributed by atoms with Crippen LogP contribution in [0.25, 0.3) is 0 Å². The van der Waals surface area contributed by atoms with E-state index in [9.17, 15) is 18.0 Å². The van der Waals surface area contributed by atoms with Crippen molar-refractivity contribution in [3.63, 3.8) is 0 Å². The summed E-state index contributed by atoms with van der Waals surface area (Å²) in [5, 5.41) is 3.45. The van der Waals surface area contributed by atoms with E-state index in [0.717, 1.165) is 29.9 Å². The smallest absolute Gasteiger partial charge is 0.324 e. The molecule has 2 fully saturated rings. The van der Waals surface area contributed by atoms with Gasteiger partial charge in [0, 0.05) is 39.3 Å². The van der Waals surface area contributed by atoms with Crippen LogP contribution in [0.1, 0.15) is 52.4 Å². The molecule has 0 atom stereocenters. The van der Waals surface area contributed by atoms with Crippen LogP contribution < -0.4 is 5.32 Å². The molecule has 1 aliphatic carbocycles. The fourth-order valence-electron chi connectivity index (χ4n) is 4.61. The number of hydrogen-bond acceptors (Lipinski definition) is 8. The van der Waals surface area contributed by atoms with E-state index in [0.29, 0.717) is 43.6 Å². The maximum atomic E-state index is 13.5. The van der Waals surface area contributed by atoms with Gasteiger partial charge < -0.3 is 9.64 Å². The normalized spacial score (nSPS) is 22.2. The number of nitrogens with zero attached hydrogens (tertiary/aromatic N) is 4. The standard InChI is InChI=1S/C22H37N5O5S3/c1-5-32-19(28)15-33-20-14-23-21(34-20)24-22(29)27(17-8-6-16(2)7-9-17)18-10-12-26(13-11-18)35(30,31)25(3)4/h14,16-18H,5-13,15H2,1-4H3,(H,23,24,29). The number of rotatable bonds is 9. The summed E-state index contributed by atoms with van der Waals surface area (Å²) in [6.45, 7) is 5.15. The van der Waals surface area contributed by atoms with Crippen LogP contribution in [-0.4, -0.2) is 90.5 Å². The van der Waals surface area contributed by atoms with Crippen molar-refractivity contribution in [2.24, 2.45) is 5.92 Å². The van der Waals surface area contributed by atoms with Gasteiger partial charge in [0.25, 0.3) is 10.2 Å². The van der Waals surface area contributed by atoms with E-state index in [1.54, 1.807) is 13.1 Å². The number of esters is 1. The number of piperidine rings is 1. The highest BCUT2D eigenvalue weighted by Crippen LogP contribution is 2.33. The van der Waals surface area contributed by atoms with Crippen molar-refractivity contribution in [3.8, 4) is 0 Å². The van der Waals surface area contributed by atoms with Crippen LogP contribution in [0.15, 0.2) is 10.4 Å². The molecule has 2 heterocycles. The van der Waals surface area contributed by atoms with Crippen LogP contribution in [-0.2, 0) is 19.7 Å². The lowest BCUT2D eigenvalue weighted by Crippen LogP contribution is -2.55. The fourth-order valence-corrected chi connectivity index (χ4v) is 7.40. The van der Waals surface area contributed by atoms with Crippen molar-refractivity contribution < 1.29 is 22.7 Å². The number of amides is 2. The zero-order valence-electron chi connectivity index (χ0n) is 20.9. The molecule has 1 aromatic rings. The molecule has 0 spiro atoms. The van der Waals surface area contributed by atoms with Crippen LogP contribution in [0.5, 0.6) is 0 Å². The highest BCUT2D eigenvalue weighted by molar-refractivity contribution is 8.01. The molecule has 10 nitrogen and oxygen atoms in total. The Labute approximate surface area is 216 Å². The summed E-state index contributed by atoms with van der Waals surface area (Å²) < 4.78 is 33.6. The molecule has 1 aromatic heterocycles. The minimum Gasteiger partial charge on any atom is -0.465 e. The second-order valence-electron chi connectivity index (χ2n) is 9.25. The highest BCUT2D eigenvalue weighted by atomic mass is 32.2. The molecule has 2 aliphatic rings. The first-order valence-electron chi connectivity index (χ1n) is 12.1. The van der Waals surface area contributed by atoms with Crippen molar-refractivity contribution in [2.75, 3.05) is 44.9 Å². The van der Waals surface area contributed by atoms with E-state index in [1.807, 2.05) is 4.90 Å². The van der Waals surface area contributed by atoms with Gasteiger partial charge in [0.05, 0.1) is 22.8 Å². The Morgan fingerprint density at radius 1 is 1.17 bits per heavy atom. The highest BCUT2D eigenvalue weighted by Gasteiger charge is 2.37. The van der Waals surface area contributed by atoms with Crippen LogP contribution in [0.3, 0.4) is 0 Å². The number of carbonyl (C=O) groups is 2. The Balaban J connectivity index is 1.66. The quantitative estimate of drug-likeness (QED) is 0.372. The second kappa shape index (κ2) is 12.7. The van der Waals surface area contributed by atoms with Crippen molar-refractivity contribution in [3.05, 3.63) is 6.20 Å². The first kappa shape index (κ1) is 28.2. The SMILES string of the molecule is CCOC(=O)CSc1cnc(NC(=O)N(C2CCC(C)CC2)C2CCN(S(=O)(=O)N(C)C)CC2)s1. The summed E-state index contributed by atoms with van der Waals surface area (Å²) in [7, 11) is -0.380. The lowest BCUT2D eigenvalue weighted by atomic mass is 9.85. The number of thioether (sulfide) groups is 1. The Kier molecular flexibility index (Phi) is 10.2.